The Morgan fingerprint density at radius 1 is 1.17 bits per heavy atom. The fourth-order valence-corrected chi connectivity index (χ4v) is 3.11. The molecule has 0 aromatic heterocycles. The zero-order valence-electron chi connectivity index (χ0n) is 13.1. The first-order chi connectivity index (χ1) is 11.1. The van der Waals surface area contributed by atoms with Crippen LogP contribution >= 0.6 is 0 Å². The van der Waals surface area contributed by atoms with E-state index < -0.39 is 0 Å². The summed E-state index contributed by atoms with van der Waals surface area (Å²) in [6, 6.07) is 11.3. The van der Waals surface area contributed by atoms with Crippen molar-refractivity contribution in [3.8, 4) is 5.75 Å². The number of carbonyl (C=O) groups is 1. The van der Waals surface area contributed by atoms with Gasteiger partial charge in [-0.15, -0.1) is 0 Å². The molecule has 1 atom stereocenters. The van der Waals surface area contributed by atoms with Crippen LogP contribution in [0.1, 0.15) is 46.8 Å². The van der Waals surface area contributed by atoms with E-state index in [1.165, 1.54) is 18.2 Å². The summed E-state index contributed by atoms with van der Waals surface area (Å²) in [6.07, 6.45) is 2.88. The monoisotopic (exact) mass is 313 g/mol. The number of hydrogen-bond donors (Lipinski definition) is 1. The molecule has 0 bridgehead atoms. The van der Waals surface area contributed by atoms with E-state index in [9.17, 15) is 14.3 Å². The van der Waals surface area contributed by atoms with Crippen LogP contribution in [0.3, 0.4) is 0 Å². The number of aromatic hydroxyl groups is 1. The van der Waals surface area contributed by atoms with E-state index in [0.29, 0.717) is 12.1 Å². The lowest BCUT2D eigenvalue weighted by molar-refractivity contribution is 0.0611. The molecule has 4 heteroatoms. The zero-order valence-corrected chi connectivity index (χ0v) is 13.1. The number of phenols is 1. The molecule has 0 spiro atoms. The van der Waals surface area contributed by atoms with Crippen LogP contribution in [0.25, 0.3) is 0 Å². The predicted molar refractivity (Wildman–Crippen MR) is 86.9 cm³/mol. The lowest BCUT2D eigenvalue weighted by atomic mass is 9.94. The maximum Gasteiger partial charge on any atom is 0.254 e. The molecule has 1 aliphatic rings. The molecule has 1 aliphatic heterocycles. The summed E-state index contributed by atoms with van der Waals surface area (Å²) < 4.78 is 13.1. The van der Waals surface area contributed by atoms with Crippen molar-refractivity contribution in [2.24, 2.45) is 0 Å². The average molecular weight is 313 g/mol. The summed E-state index contributed by atoms with van der Waals surface area (Å²) >= 11 is 0. The number of benzene rings is 2. The van der Waals surface area contributed by atoms with Crippen LogP contribution < -0.4 is 0 Å². The average Bonchev–Trinajstić information content (AvgIpc) is 2.57. The van der Waals surface area contributed by atoms with E-state index in [1.54, 1.807) is 31.2 Å². The molecule has 2 aromatic carbocycles. The lowest BCUT2D eigenvalue weighted by Crippen LogP contribution is -2.38. The van der Waals surface area contributed by atoms with Gasteiger partial charge in [-0.05, 0) is 61.6 Å². The molecule has 1 heterocycles. The van der Waals surface area contributed by atoms with E-state index in [0.717, 1.165) is 30.4 Å². The molecule has 1 saturated heterocycles. The van der Waals surface area contributed by atoms with Gasteiger partial charge in [0.05, 0.1) is 6.04 Å². The van der Waals surface area contributed by atoms with Crippen molar-refractivity contribution in [1.29, 1.82) is 0 Å². The topological polar surface area (TPSA) is 40.5 Å². The molecule has 0 saturated carbocycles. The Labute approximate surface area is 135 Å². The van der Waals surface area contributed by atoms with Gasteiger partial charge in [0.25, 0.3) is 5.91 Å². The quantitative estimate of drug-likeness (QED) is 0.902. The number of phenolic OH excluding ortho intramolecular Hbond substituents is 1. The van der Waals surface area contributed by atoms with E-state index in [-0.39, 0.29) is 23.5 Å². The number of hydrogen-bond acceptors (Lipinski definition) is 2. The van der Waals surface area contributed by atoms with Gasteiger partial charge in [-0.25, -0.2) is 4.39 Å². The van der Waals surface area contributed by atoms with Gasteiger partial charge in [-0.3, -0.25) is 4.79 Å². The Morgan fingerprint density at radius 2 is 1.91 bits per heavy atom. The highest BCUT2D eigenvalue weighted by molar-refractivity contribution is 5.95. The molecule has 1 amide bonds. The lowest BCUT2D eigenvalue weighted by Gasteiger charge is -2.36. The number of aryl methyl sites for hydroxylation is 1. The second-order valence-corrected chi connectivity index (χ2v) is 6.06. The van der Waals surface area contributed by atoms with Crippen LogP contribution in [-0.4, -0.2) is 22.5 Å². The van der Waals surface area contributed by atoms with E-state index in [4.69, 9.17) is 0 Å². The van der Waals surface area contributed by atoms with Gasteiger partial charge in [-0.2, -0.15) is 0 Å². The van der Waals surface area contributed by atoms with Crippen LogP contribution in [0.2, 0.25) is 0 Å². The first-order valence-electron chi connectivity index (χ1n) is 7.92. The normalized spacial score (nSPS) is 18.0. The third-order valence-electron chi connectivity index (χ3n) is 4.47. The van der Waals surface area contributed by atoms with Gasteiger partial charge < -0.3 is 10.0 Å². The Kier molecular flexibility index (Phi) is 4.33. The number of amides is 1. The van der Waals surface area contributed by atoms with Crippen molar-refractivity contribution in [2.45, 2.75) is 32.2 Å². The smallest absolute Gasteiger partial charge is 0.254 e. The number of rotatable bonds is 2. The molecule has 23 heavy (non-hydrogen) atoms. The third kappa shape index (κ3) is 3.21. The van der Waals surface area contributed by atoms with Crippen LogP contribution in [0.15, 0.2) is 42.5 Å². The van der Waals surface area contributed by atoms with Crippen LogP contribution in [0.4, 0.5) is 4.39 Å². The van der Waals surface area contributed by atoms with Crippen molar-refractivity contribution in [3.63, 3.8) is 0 Å². The van der Waals surface area contributed by atoms with Crippen molar-refractivity contribution < 1.29 is 14.3 Å². The molecule has 0 unspecified atom stereocenters. The number of carbonyl (C=O) groups excluding carboxylic acids is 1. The number of nitrogens with zero attached hydrogens (tertiary/aromatic N) is 1. The zero-order chi connectivity index (χ0) is 16.4. The maximum absolute atomic E-state index is 13.1. The van der Waals surface area contributed by atoms with Crippen LogP contribution in [-0.2, 0) is 0 Å². The fraction of sp³-hybridized carbons (Fsp3) is 0.316. The van der Waals surface area contributed by atoms with Crippen LogP contribution in [0, 0.1) is 12.7 Å². The van der Waals surface area contributed by atoms with Gasteiger partial charge in [0, 0.05) is 12.1 Å². The van der Waals surface area contributed by atoms with Crippen LogP contribution in [0.5, 0.6) is 5.75 Å². The Bertz CT molecular complexity index is 712. The molecule has 1 fully saturated rings. The largest absolute Gasteiger partial charge is 0.508 e. The standard InChI is InChI=1S/C19H20FNO2/c1-13-5-6-15(12-18(13)22)19(23)21-11-3-2-4-17(21)14-7-9-16(20)10-8-14/h5-10,12,17,22H,2-4,11H2,1H3/t17-/m1/s1. The minimum atomic E-state index is -0.272. The van der Waals surface area contributed by atoms with Crippen molar-refractivity contribution in [3.05, 3.63) is 65.0 Å². The second-order valence-electron chi connectivity index (χ2n) is 6.06. The predicted octanol–water partition coefficient (Wildman–Crippen LogP) is 4.21. The summed E-state index contributed by atoms with van der Waals surface area (Å²) in [5.41, 5.74) is 2.19. The summed E-state index contributed by atoms with van der Waals surface area (Å²) in [4.78, 5) is 14.7. The van der Waals surface area contributed by atoms with Crippen molar-refractivity contribution >= 4 is 5.91 Å². The number of likely N-dealkylation sites (tertiary alicyclic amines) is 1. The Morgan fingerprint density at radius 3 is 2.61 bits per heavy atom. The number of halogens is 1. The molecule has 2 aromatic rings. The molecule has 3 rings (SSSR count). The second kappa shape index (κ2) is 6.41. The summed E-state index contributed by atoms with van der Waals surface area (Å²) in [7, 11) is 0. The van der Waals surface area contributed by atoms with Gasteiger partial charge in [0.1, 0.15) is 11.6 Å². The molecule has 120 valence electrons. The van der Waals surface area contributed by atoms with E-state index in [1.807, 2.05) is 4.90 Å². The molecular weight excluding hydrogens is 293 g/mol. The first-order valence-corrected chi connectivity index (χ1v) is 7.92. The molecule has 1 N–H and O–H groups in total. The molecular formula is C19H20FNO2. The molecule has 3 nitrogen and oxygen atoms in total. The van der Waals surface area contributed by atoms with Gasteiger partial charge in [0.15, 0.2) is 0 Å². The summed E-state index contributed by atoms with van der Waals surface area (Å²) in [6.45, 7) is 2.47. The highest BCUT2D eigenvalue weighted by Gasteiger charge is 2.28. The van der Waals surface area contributed by atoms with Crippen molar-refractivity contribution in [2.75, 3.05) is 6.54 Å². The van der Waals surface area contributed by atoms with E-state index >= 15 is 0 Å². The summed E-state index contributed by atoms with van der Waals surface area (Å²) in [5.74, 6) is -0.230. The van der Waals surface area contributed by atoms with Gasteiger partial charge >= 0.3 is 0 Å². The van der Waals surface area contributed by atoms with Gasteiger partial charge in [0.2, 0.25) is 0 Å². The van der Waals surface area contributed by atoms with E-state index in [2.05, 4.69) is 0 Å². The highest BCUT2D eigenvalue weighted by Crippen LogP contribution is 2.32. The maximum atomic E-state index is 13.1. The Hall–Kier alpha value is -2.36. The molecule has 0 aliphatic carbocycles. The SMILES string of the molecule is Cc1ccc(C(=O)N2CCCC[C@@H]2c2ccc(F)cc2)cc1O. The third-order valence-corrected chi connectivity index (χ3v) is 4.47. The highest BCUT2D eigenvalue weighted by atomic mass is 19.1. The van der Waals surface area contributed by atoms with Gasteiger partial charge in [-0.1, -0.05) is 18.2 Å². The molecule has 0 radical (unpaired) electrons. The fourth-order valence-electron chi connectivity index (χ4n) is 3.11. The first kappa shape index (κ1) is 15.5. The minimum absolute atomic E-state index is 0.0414. The van der Waals surface area contributed by atoms with Crippen molar-refractivity contribution in [1.82, 2.24) is 4.90 Å². The minimum Gasteiger partial charge on any atom is -0.508 e. The number of piperidine rings is 1. The Balaban J connectivity index is 1.89. The summed E-state index contributed by atoms with van der Waals surface area (Å²) in [5, 5.41) is 9.85.